The minimum atomic E-state index is -1.27. The molecule has 2 rings (SSSR count). The van der Waals surface area contributed by atoms with Gasteiger partial charge in [-0.3, -0.25) is 4.79 Å². The Balaban J connectivity index is 2.53. The number of aliphatic hydroxyl groups is 1. The summed E-state index contributed by atoms with van der Waals surface area (Å²) in [7, 11) is 0. The fourth-order valence-electron chi connectivity index (χ4n) is 3.20. The fraction of sp³-hybridized carbons (Fsp3) is 0.588. The first-order valence-corrected chi connectivity index (χ1v) is 7.54. The SMILES string of the molecule is CCOC(=O)C(C(C)C)C1(O)c2ccccc2OCC1C. The summed E-state index contributed by atoms with van der Waals surface area (Å²) < 4.78 is 10.9. The molecule has 1 heterocycles. The van der Waals surface area contributed by atoms with Crippen LogP contribution in [0.5, 0.6) is 5.75 Å². The Bertz CT molecular complexity index is 511. The molecule has 0 amide bonds. The fourth-order valence-corrected chi connectivity index (χ4v) is 3.20. The minimum absolute atomic E-state index is 0.0392. The quantitative estimate of drug-likeness (QED) is 0.867. The van der Waals surface area contributed by atoms with Crippen molar-refractivity contribution >= 4 is 5.97 Å². The zero-order chi connectivity index (χ0) is 15.6. The molecule has 0 spiro atoms. The first kappa shape index (κ1) is 15.8. The van der Waals surface area contributed by atoms with Crippen LogP contribution in [0, 0.1) is 17.8 Å². The number of rotatable bonds is 4. The highest BCUT2D eigenvalue weighted by Gasteiger charge is 2.52. The van der Waals surface area contributed by atoms with Crippen molar-refractivity contribution in [2.75, 3.05) is 13.2 Å². The number of esters is 1. The van der Waals surface area contributed by atoms with E-state index in [1.807, 2.05) is 45.0 Å². The summed E-state index contributed by atoms with van der Waals surface area (Å²) in [6.07, 6.45) is 0. The standard InChI is InChI=1S/C17H24O4/c1-5-20-16(18)15(11(2)3)17(19)12(4)10-21-14-9-7-6-8-13(14)17/h6-9,11-12,15,19H,5,10H2,1-4H3. The van der Waals surface area contributed by atoms with Crippen molar-refractivity contribution in [3.63, 3.8) is 0 Å². The molecule has 0 fully saturated rings. The lowest BCUT2D eigenvalue weighted by molar-refractivity contribution is -0.173. The molecule has 4 heteroatoms. The Morgan fingerprint density at radius 2 is 2.14 bits per heavy atom. The van der Waals surface area contributed by atoms with Crippen LogP contribution in [0.15, 0.2) is 24.3 Å². The van der Waals surface area contributed by atoms with Crippen LogP contribution in [0.3, 0.4) is 0 Å². The average Bonchev–Trinajstić information content (AvgIpc) is 2.43. The summed E-state index contributed by atoms with van der Waals surface area (Å²) in [6.45, 7) is 8.25. The highest BCUT2D eigenvalue weighted by molar-refractivity contribution is 5.75. The maximum atomic E-state index is 12.4. The molecule has 0 saturated carbocycles. The second kappa shape index (κ2) is 6.06. The van der Waals surface area contributed by atoms with Gasteiger partial charge in [0.1, 0.15) is 11.4 Å². The Morgan fingerprint density at radius 3 is 2.76 bits per heavy atom. The van der Waals surface area contributed by atoms with Gasteiger partial charge in [-0.05, 0) is 18.9 Å². The van der Waals surface area contributed by atoms with Gasteiger partial charge in [0.15, 0.2) is 0 Å². The lowest BCUT2D eigenvalue weighted by Gasteiger charge is -2.45. The zero-order valence-electron chi connectivity index (χ0n) is 13.1. The molecule has 0 aliphatic carbocycles. The van der Waals surface area contributed by atoms with Crippen molar-refractivity contribution in [2.24, 2.45) is 17.8 Å². The number of carbonyl (C=O) groups excluding carboxylic acids is 1. The summed E-state index contributed by atoms with van der Waals surface area (Å²) in [6, 6.07) is 7.38. The molecule has 3 atom stereocenters. The molecule has 21 heavy (non-hydrogen) atoms. The summed E-state index contributed by atoms with van der Waals surface area (Å²) in [5, 5.41) is 11.4. The zero-order valence-corrected chi connectivity index (χ0v) is 13.1. The molecular weight excluding hydrogens is 268 g/mol. The van der Waals surface area contributed by atoms with Gasteiger partial charge < -0.3 is 14.6 Å². The molecule has 0 radical (unpaired) electrons. The monoisotopic (exact) mass is 292 g/mol. The van der Waals surface area contributed by atoms with Gasteiger partial charge in [-0.25, -0.2) is 0 Å². The van der Waals surface area contributed by atoms with Crippen molar-refractivity contribution in [1.82, 2.24) is 0 Å². The van der Waals surface area contributed by atoms with Crippen molar-refractivity contribution in [3.8, 4) is 5.75 Å². The van der Waals surface area contributed by atoms with Gasteiger partial charge in [0.05, 0.1) is 19.1 Å². The van der Waals surface area contributed by atoms with E-state index in [1.54, 1.807) is 6.92 Å². The second-order valence-electron chi connectivity index (χ2n) is 6.01. The van der Waals surface area contributed by atoms with Crippen LogP contribution in [-0.4, -0.2) is 24.3 Å². The van der Waals surface area contributed by atoms with Gasteiger partial charge in [0, 0.05) is 11.5 Å². The van der Waals surface area contributed by atoms with Crippen molar-refractivity contribution < 1.29 is 19.4 Å². The van der Waals surface area contributed by atoms with Gasteiger partial charge in [0.25, 0.3) is 0 Å². The number of hydrogen-bond acceptors (Lipinski definition) is 4. The first-order valence-electron chi connectivity index (χ1n) is 7.54. The largest absolute Gasteiger partial charge is 0.493 e. The van der Waals surface area contributed by atoms with Crippen molar-refractivity contribution in [3.05, 3.63) is 29.8 Å². The lowest BCUT2D eigenvalue weighted by atomic mass is 9.67. The van der Waals surface area contributed by atoms with Crippen LogP contribution in [0.1, 0.15) is 33.3 Å². The van der Waals surface area contributed by atoms with Gasteiger partial charge in [0.2, 0.25) is 0 Å². The Hall–Kier alpha value is -1.55. The molecule has 0 bridgehead atoms. The normalized spacial score (nSPS) is 25.9. The number of hydrogen-bond donors (Lipinski definition) is 1. The van der Waals surface area contributed by atoms with E-state index in [1.165, 1.54) is 0 Å². The summed E-state index contributed by atoms with van der Waals surface area (Å²) in [4.78, 5) is 12.4. The van der Waals surface area contributed by atoms with E-state index < -0.39 is 11.5 Å². The van der Waals surface area contributed by atoms with Crippen LogP contribution in [0.4, 0.5) is 0 Å². The molecule has 3 unspecified atom stereocenters. The van der Waals surface area contributed by atoms with E-state index in [-0.39, 0.29) is 17.8 Å². The number of para-hydroxylation sites is 1. The number of ether oxygens (including phenoxy) is 2. The van der Waals surface area contributed by atoms with Gasteiger partial charge in [-0.1, -0.05) is 39.0 Å². The van der Waals surface area contributed by atoms with Crippen LogP contribution < -0.4 is 4.74 Å². The smallest absolute Gasteiger partial charge is 0.312 e. The third-order valence-corrected chi connectivity index (χ3v) is 4.24. The Kier molecular flexibility index (Phi) is 4.57. The van der Waals surface area contributed by atoms with E-state index in [0.29, 0.717) is 24.5 Å². The highest BCUT2D eigenvalue weighted by atomic mass is 16.5. The third-order valence-electron chi connectivity index (χ3n) is 4.24. The first-order chi connectivity index (χ1) is 9.92. The maximum Gasteiger partial charge on any atom is 0.312 e. The van der Waals surface area contributed by atoms with Crippen LogP contribution >= 0.6 is 0 Å². The molecular formula is C17H24O4. The molecule has 1 N–H and O–H groups in total. The van der Waals surface area contributed by atoms with E-state index >= 15 is 0 Å². The molecule has 1 aromatic carbocycles. The molecule has 0 aromatic heterocycles. The topological polar surface area (TPSA) is 55.8 Å². The molecule has 116 valence electrons. The average molecular weight is 292 g/mol. The van der Waals surface area contributed by atoms with E-state index in [2.05, 4.69) is 0 Å². The van der Waals surface area contributed by atoms with E-state index in [4.69, 9.17) is 9.47 Å². The molecule has 1 aliphatic heterocycles. The van der Waals surface area contributed by atoms with Crippen molar-refractivity contribution in [1.29, 1.82) is 0 Å². The predicted molar refractivity (Wildman–Crippen MR) is 80.0 cm³/mol. The predicted octanol–water partition coefficient (Wildman–Crippen LogP) is 2.74. The molecule has 0 saturated heterocycles. The van der Waals surface area contributed by atoms with Crippen LogP contribution in [-0.2, 0) is 15.1 Å². The third kappa shape index (κ3) is 2.64. The molecule has 4 nitrogen and oxygen atoms in total. The summed E-state index contributed by atoms with van der Waals surface area (Å²) in [5.41, 5.74) is -0.592. The number of carbonyl (C=O) groups is 1. The van der Waals surface area contributed by atoms with Crippen LogP contribution in [0.2, 0.25) is 0 Å². The highest BCUT2D eigenvalue weighted by Crippen LogP contribution is 2.47. The molecule has 1 aromatic rings. The maximum absolute atomic E-state index is 12.4. The summed E-state index contributed by atoms with van der Waals surface area (Å²) >= 11 is 0. The Labute approximate surface area is 126 Å². The van der Waals surface area contributed by atoms with Gasteiger partial charge in [-0.15, -0.1) is 0 Å². The summed E-state index contributed by atoms with van der Waals surface area (Å²) in [5.74, 6) is -0.545. The second-order valence-corrected chi connectivity index (χ2v) is 6.01. The minimum Gasteiger partial charge on any atom is -0.493 e. The lowest BCUT2D eigenvalue weighted by Crippen LogP contribution is -2.51. The molecule has 1 aliphatic rings. The van der Waals surface area contributed by atoms with Crippen molar-refractivity contribution in [2.45, 2.75) is 33.3 Å². The van der Waals surface area contributed by atoms with Gasteiger partial charge in [-0.2, -0.15) is 0 Å². The van der Waals surface area contributed by atoms with E-state index in [0.717, 1.165) is 0 Å². The van der Waals surface area contributed by atoms with Crippen LogP contribution in [0.25, 0.3) is 0 Å². The Morgan fingerprint density at radius 1 is 1.48 bits per heavy atom. The number of benzene rings is 1. The number of fused-ring (bicyclic) bond motifs is 1. The van der Waals surface area contributed by atoms with E-state index in [9.17, 15) is 9.90 Å². The van der Waals surface area contributed by atoms with Gasteiger partial charge >= 0.3 is 5.97 Å².